The van der Waals surface area contributed by atoms with Crippen LogP contribution in [0.3, 0.4) is 0 Å². The third-order valence-electron chi connectivity index (χ3n) is 2.79. The van der Waals surface area contributed by atoms with Crippen molar-refractivity contribution in [3.05, 3.63) is 17.5 Å². The van der Waals surface area contributed by atoms with Gasteiger partial charge in [-0.15, -0.1) is 0 Å². The number of nitrogens with zero attached hydrogens (tertiary/aromatic N) is 3. The van der Waals surface area contributed by atoms with E-state index in [2.05, 4.69) is 47.9 Å². The average Bonchev–Trinajstić information content (AvgIpc) is 2.30. The maximum absolute atomic E-state index is 4.58. The minimum atomic E-state index is 0.616. The molecule has 0 bridgehead atoms. The Bertz CT molecular complexity index is 363. The van der Waals surface area contributed by atoms with Crippen molar-refractivity contribution in [1.82, 2.24) is 15.3 Å². The Kier molecular flexibility index (Phi) is 6.05. The van der Waals surface area contributed by atoms with Gasteiger partial charge in [0.15, 0.2) is 0 Å². The van der Waals surface area contributed by atoms with Crippen LogP contribution in [0, 0.1) is 12.8 Å². The second-order valence-electron chi connectivity index (χ2n) is 5.23. The number of rotatable bonds is 7. The van der Waals surface area contributed by atoms with Crippen LogP contribution in [0.15, 0.2) is 6.20 Å². The smallest absolute Gasteiger partial charge is 0.225 e. The normalized spacial score (nSPS) is 11.0. The minimum Gasteiger partial charge on any atom is -0.344 e. The number of hydrogen-bond acceptors (Lipinski definition) is 4. The van der Waals surface area contributed by atoms with Crippen molar-refractivity contribution >= 4 is 5.95 Å². The first kappa shape index (κ1) is 14.9. The van der Waals surface area contributed by atoms with E-state index in [1.807, 2.05) is 13.2 Å². The van der Waals surface area contributed by atoms with Gasteiger partial charge in [-0.2, -0.15) is 0 Å². The zero-order chi connectivity index (χ0) is 13.5. The van der Waals surface area contributed by atoms with Gasteiger partial charge in [0.1, 0.15) is 0 Å². The molecule has 1 aromatic rings. The summed E-state index contributed by atoms with van der Waals surface area (Å²) in [7, 11) is 2.05. The molecule has 4 nitrogen and oxygen atoms in total. The second-order valence-corrected chi connectivity index (χ2v) is 5.23. The number of aromatic nitrogens is 2. The van der Waals surface area contributed by atoms with Crippen molar-refractivity contribution in [2.45, 2.75) is 40.7 Å². The third-order valence-corrected chi connectivity index (χ3v) is 2.79. The summed E-state index contributed by atoms with van der Waals surface area (Å²) >= 11 is 0. The monoisotopic (exact) mass is 250 g/mol. The van der Waals surface area contributed by atoms with Crippen LogP contribution in [0.5, 0.6) is 0 Å². The lowest BCUT2D eigenvalue weighted by atomic mass is 10.2. The molecule has 0 unspecified atom stereocenters. The van der Waals surface area contributed by atoms with Crippen LogP contribution in [-0.4, -0.2) is 30.1 Å². The molecule has 1 aromatic heterocycles. The highest BCUT2D eigenvalue weighted by Gasteiger charge is 2.08. The molecule has 0 aliphatic rings. The molecule has 18 heavy (non-hydrogen) atoms. The fraction of sp³-hybridized carbons (Fsp3) is 0.714. The van der Waals surface area contributed by atoms with E-state index in [4.69, 9.17) is 0 Å². The maximum atomic E-state index is 4.58. The Morgan fingerprint density at radius 1 is 1.39 bits per heavy atom. The fourth-order valence-electron chi connectivity index (χ4n) is 1.87. The van der Waals surface area contributed by atoms with E-state index in [0.29, 0.717) is 5.92 Å². The lowest BCUT2D eigenvalue weighted by Gasteiger charge is -2.20. The predicted octanol–water partition coefficient (Wildman–Crippen LogP) is 2.38. The lowest BCUT2D eigenvalue weighted by molar-refractivity contribution is 0.627. The van der Waals surface area contributed by atoms with Gasteiger partial charge in [0.25, 0.3) is 0 Å². The molecular formula is C14H26N4. The highest BCUT2D eigenvalue weighted by Crippen LogP contribution is 2.11. The summed E-state index contributed by atoms with van der Waals surface area (Å²) in [5.74, 6) is 1.44. The number of nitrogens with one attached hydrogen (secondary N) is 1. The highest BCUT2D eigenvalue weighted by molar-refractivity contribution is 5.31. The van der Waals surface area contributed by atoms with Crippen molar-refractivity contribution in [2.75, 3.05) is 25.0 Å². The Balaban J connectivity index is 2.66. The predicted molar refractivity (Wildman–Crippen MR) is 76.9 cm³/mol. The Hall–Kier alpha value is -1.16. The first-order valence-corrected chi connectivity index (χ1v) is 6.79. The summed E-state index contributed by atoms with van der Waals surface area (Å²) in [6, 6.07) is 0. The third kappa shape index (κ3) is 4.61. The zero-order valence-electron chi connectivity index (χ0n) is 12.3. The molecule has 0 atom stereocenters. The molecule has 0 saturated heterocycles. The first-order chi connectivity index (χ1) is 8.54. The maximum Gasteiger partial charge on any atom is 0.225 e. The molecule has 0 aliphatic carbocycles. The van der Waals surface area contributed by atoms with Crippen molar-refractivity contribution in [3.8, 4) is 0 Å². The van der Waals surface area contributed by atoms with E-state index in [1.54, 1.807) is 0 Å². The Morgan fingerprint density at radius 2 is 2.11 bits per heavy atom. The quantitative estimate of drug-likeness (QED) is 0.754. The molecule has 102 valence electrons. The van der Waals surface area contributed by atoms with Gasteiger partial charge < -0.3 is 10.2 Å². The van der Waals surface area contributed by atoms with Crippen LogP contribution in [0.4, 0.5) is 5.95 Å². The van der Waals surface area contributed by atoms with Crippen LogP contribution in [0.25, 0.3) is 0 Å². The Labute approximate surface area is 111 Å². The van der Waals surface area contributed by atoms with Gasteiger partial charge in [-0.3, -0.25) is 0 Å². The number of anilines is 1. The lowest BCUT2D eigenvalue weighted by Crippen LogP contribution is -2.25. The van der Waals surface area contributed by atoms with Crippen molar-refractivity contribution in [2.24, 2.45) is 5.92 Å². The van der Waals surface area contributed by atoms with Gasteiger partial charge in [0, 0.05) is 37.6 Å². The molecule has 1 N–H and O–H groups in total. The van der Waals surface area contributed by atoms with Crippen LogP contribution in [0.1, 0.15) is 38.4 Å². The molecule has 1 heterocycles. The molecule has 4 heteroatoms. The summed E-state index contributed by atoms with van der Waals surface area (Å²) < 4.78 is 0. The van der Waals surface area contributed by atoms with E-state index >= 15 is 0 Å². The van der Waals surface area contributed by atoms with Crippen LogP contribution in [-0.2, 0) is 6.54 Å². The van der Waals surface area contributed by atoms with Crippen molar-refractivity contribution in [1.29, 1.82) is 0 Å². The molecular weight excluding hydrogens is 224 g/mol. The zero-order valence-corrected chi connectivity index (χ0v) is 12.3. The second kappa shape index (κ2) is 7.31. The van der Waals surface area contributed by atoms with E-state index in [1.165, 1.54) is 5.56 Å². The van der Waals surface area contributed by atoms with Crippen molar-refractivity contribution in [3.63, 3.8) is 0 Å². The molecule has 0 radical (unpaired) electrons. The fourth-order valence-corrected chi connectivity index (χ4v) is 1.87. The minimum absolute atomic E-state index is 0.616. The van der Waals surface area contributed by atoms with E-state index in [-0.39, 0.29) is 0 Å². The standard InChI is InChI=1S/C14H26N4/c1-6-7-15-8-13-9-16-14(17-12(13)4)18(5)10-11(2)3/h9,11,15H,6-8,10H2,1-5H3. The summed E-state index contributed by atoms with van der Waals surface area (Å²) in [5.41, 5.74) is 2.25. The van der Waals surface area contributed by atoms with Gasteiger partial charge in [-0.25, -0.2) is 9.97 Å². The first-order valence-electron chi connectivity index (χ1n) is 6.79. The van der Waals surface area contributed by atoms with Gasteiger partial charge >= 0.3 is 0 Å². The van der Waals surface area contributed by atoms with Crippen LogP contribution in [0.2, 0.25) is 0 Å². The average molecular weight is 250 g/mol. The van der Waals surface area contributed by atoms with Crippen molar-refractivity contribution < 1.29 is 0 Å². The summed E-state index contributed by atoms with van der Waals surface area (Å²) in [6.07, 6.45) is 3.09. The van der Waals surface area contributed by atoms with E-state index in [9.17, 15) is 0 Å². The van der Waals surface area contributed by atoms with E-state index < -0.39 is 0 Å². The molecule has 0 saturated carbocycles. The van der Waals surface area contributed by atoms with Gasteiger partial charge in [-0.1, -0.05) is 20.8 Å². The van der Waals surface area contributed by atoms with E-state index in [0.717, 1.165) is 37.7 Å². The summed E-state index contributed by atoms with van der Waals surface area (Å²) in [4.78, 5) is 11.1. The topological polar surface area (TPSA) is 41.1 Å². The molecule has 0 amide bonds. The van der Waals surface area contributed by atoms with Crippen LogP contribution >= 0.6 is 0 Å². The van der Waals surface area contributed by atoms with Gasteiger partial charge in [-0.05, 0) is 25.8 Å². The summed E-state index contributed by atoms with van der Waals surface area (Å²) in [5, 5.41) is 3.38. The number of aryl methyl sites for hydroxylation is 1. The highest BCUT2D eigenvalue weighted by atomic mass is 15.2. The Morgan fingerprint density at radius 3 is 2.67 bits per heavy atom. The molecule has 0 aromatic carbocycles. The molecule has 0 spiro atoms. The van der Waals surface area contributed by atoms with Gasteiger partial charge in [0.05, 0.1) is 0 Å². The largest absolute Gasteiger partial charge is 0.344 e. The molecule has 0 fully saturated rings. The number of hydrogen-bond donors (Lipinski definition) is 1. The molecule has 0 aliphatic heterocycles. The van der Waals surface area contributed by atoms with Gasteiger partial charge in [0.2, 0.25) is 5.95 Å². The van der Waals surface area contributed by atoms with Crippen LogP contribution < -0.4 is 10.2 Å². The SMILES string of the molecule is CCCNCc1cnc(N(C)CC(C)C)nc1C. The summed E-state index contributed by atoms with van der Waals surface area (Å²) in [6.45, 7) is 11.5. The molecule has 1 rings (SSSR count).